The predicted molar refractivity (Wildman–Crippen MR) is 114 cm³/mol. The van der Waals surface area contributed by atoms with Gasteiger partial charge in [-0.25, -0.2) is 4.99 Å². The van der Waals surface area contributed by atoms with Gasteiger partial charge in [-0.2, -0.15) is 0 Å². The lowest BCUT2D eigenvalue weighted by atomic mass is 10.0. The number of benzene rings is 1. The molecular weight excluding hydrogens is 429 g/mol. The number of nitrogens with zero attached hydrogens (tertiary/aromatic N) is 2. The van der Waals surface area contributed by atoms with E-state index in [2.05, 4.69) is 41.9 Å². The molecule has 142 valence electrons. The minimum atomic E-state index is 0. The van der Waals surface area contributed by atoms with Crippen LogP contribution in [0, 0.1) is 12.8 Å². The van der Waals surface area contributed by atoms with Gasteiger partial charge in [0, 0.05) is 38.8 Å². The van der Waals surface area contributed by atoms with Gasteiger partial charge >= 0.3 is 0 Å². The second-order valence-corrected chi connectivity index (χ2v) is 6.67. The molecule has 0 spiro atoms. The molecule has 0 aromatic heterocycles. The van der Waals surface area contributed by atoms with Gasteiger partial charge in [0.1, 0.15) is 5.75 Å². The Hall–Kier alpha value is -1.02. The van der Waals surface area contributed by atoms with Crippen LogP contribution in [0.2, 0.25) is 0 Å². The Balaban J connectivity index is 0.00000312. The molecule has 1 aromatic carbocycles. The summed E-state index contributed by atoms with van der Waals surface area (Å²) in [5, 5.41) is 0. The fourth-order valence-corrected chi connectivity index (χ4v) is 2.98. The first-order valence-electron chi connectivity index (χ1n) is 8.86. The maximum atomic E-state index is 6.20. The lowest BCUT2D eigenvalue weighted by Crippen LogP contribution is -2.43. The van der Waals surface area contributed by atoms with E-state index in [1.807, 2.05) is 0 Å². The molecular formula is C19H32IN3O2. The average molecular weight is 461 g/mol. The third kappa shape index (κ3) is 7.40. The molecule has 2 rings (SSSR count). The summed E-state index contributed by atoms with van der Waals surface area (Å²) in [6.45, 7) is 8.25. The molecule has 6 heteroatoms. The van der Waals surface area contributed by atoms with Crippen molar-refractivity contribution in [3.63, 3.8) is 0 Å². The van der Waals surface area contributed by atoms with Gasteiger partial charge in [-0.05, 0) is 37.3 Å². The Morgan fingerprint density at radius 1 is 1.36 bits per heavy atom. The van der Waals surface area contributed by atoms with Crippen LogP contribution in [0.5, 0.6) is 5.75 Å². The molecule has 1 aromatic rings. The van der Waals surface area contributed by atoms with E-state index in [4.69, 9.17) is 15.2 Å². The molecule has 0 bridgehead atoms. The Kier molecular flexibility index (Phi) is 10.2. The van der Waals surface area contributed by atoms with E-state index >= 15 is 0 Å². The van der Waals surface area contributed by atoms with Crippen LogP contribution >= 0.6 is 24.0 Å². The SMILES string of the molecule is COCCCOc1cc(C)ccc1CN=C(N)N1CCCC(C)C1.I. The molecule has 0 saturated carbocycles. The predicted octanol–water partition coefficient (Wildman–Crippen LogP) is 3.57. The van der Waals surface area contributed by atoms with E-state index < -0.39 is 0 Å². The molecule has 1 unspecified atom stereocenters. The number of likely N-dealkylation sites (tertiary alicyclic amines) is 1. The number of methoxy groups -OCH3 is 1. The number of hydrogen-bond donors (Lipinski definition) is 1. The van der Waals surface area contributed by atoms with E-state index in [-0.39, 0.29) is 24.0 Å². The van der Waals surface area contributed by atoms with Crippen molar-refractivity contribution in [3.05, 3.63) is 29.3 Å². The quantitative estimate of drug-likeness (QED) is 0.292. The van der Waals surface area contributed by atoms with E-state index in [1.165, 1.54) is 18.4 Å². The molecule has 0 amide bonds. The summed E-state index contributed by atoms with van der Waals surface area (Å²) in [6.07, 6.45) is 3.35. The molecule has 0 radical (unpaired) electrons. The molecule has 1 atom stereocenters. The minimum absolute atomic E-state index is 0. The number of rotatable bonds is 7. The minimum Gasteiger partial charge on any atom is -0.493 e. The third-order valence-corrected chi connectivity index (χ3v) is 4.37. The van der Waals surface area contributed by atoms with Crippen LogP contribution in [-0.4, -0.2) is 44.3 Å². The van der Waals surface area contributed by atoms with Crippen molar-refractivity contribution in [2.45, 2.75) is 39.7 Å². The molecule has 1 aliphatic heterocycles. The second kappa shape index (κ2) is 11.6. The second-order valence-electron chi connectivity index (χ2n) is 6.67. The zero-order valence-electron chi connectivity index (χ0n) is 15.7. The summed E-state index contributed by atoms with van der Waals surface area (Å²) in [5.74, 6) is 2.23. The number of nitrogens with two attached hydrogens (primary N) is 1. The van der Waals surface area contributed by atoms with Gasteiger partial charge in [0.25, 0.3) is 0 Å². The summed E-state index contributed by atoms with van der Waals surface area (Å²) in [5.41, 5.74) is 8.45. The van der Waals surface area contributed by atoms with Crippen LogP contribution in [-0.2, 0) is 11.3 Å². The highest BCUT2D eigenvalue weighted by Crippen LogP contribution is 2.22. The molecule has 5 nitrogen and oxygen atoms in total. The highest BCUT2D eigenvalue weighted by molar-refractivity contribution is 14.0. The van der Waals surface area contributed by atoms with Crippen molar-refractivity contribution in [3.8, 4) is 5.75 Å². The average Bonchev–Trinajstić information content (AvgIpc) is 2.57. The molecule has 1 saturated heterocycles. The van der Waals surface area contributed by atoms with Crippen LogP contribution in [0.4, 0.5) is 0 Å². The first-order valence-corrected chi connectivity index (χ1v) is 8.86. The monoisotopic (exact) mass is 461 g/mol. The third-order valence-electron chi connectivity index (χ3n) is 4.37. The van der Waals surface area contributed by atoms with Crippen LogP contribution in [0.25, 0.3) is 0 Å². The largest absolute Gasteiger partial charge is 0.493 e. The molecule has 1 heterocycles. The first kappa shape index (κ1) is 22.0. The van der Waals surface area contributed by atoms with Gasteiger partial charge in [0.2, 0.25) is 0 Å². The summed E-state index contributed by atoms with van der Waals surface area (Å²) in [4.78, 5) is 6.80. The van der Waals surface area contributed by atoms with Crippen molar-refractivity contribution < 1.29 is 9.47 Å². The van der Waals surface area contributed by atoms with E-state index in [9.17, 15) is 0 Å². The summed E-state index contributed by atoms with van der Waals surface area (Å²) in [7, 11) is 1.71. The van der Waals surface area contributed by atoms with Gasteiger partial charge in [-0.1, -0.05) is 19.1 Å². The highest BCUT2D eigenvalue weighted by Gasteiger charge is 2.17. The summed E-state index contributed by atoms with van der Waals surface area (Å²) < 4.78 is 11.0. The number of halogens is 1. The van der Waals surface area contributed by atoms with E-state index in [0.717, 1.165) is 30.8 Å². The Morgan fingerprint density at radius 2 is 2.16 bits per heavy atom. The van der Waals surface area contributed by atoms with Crippen LogP contribution < -0.4 is 10.5 Å². The number of ether oxygens (including phenoxy) is 2. The van der Waals surface area contributed by atoms with Crippen molar-refractivity contribution in [2.75, 3.05) is 33.4 Å². The number of piperidine rings is 1. The zero-order chi connectivity index (χ0) is 17.4. The lowest BCUT2D eigenvalue weighted by Gasteiger charge is -2.31. The molecule has 25 heavy (non-hydrogen) atoms. The molecule has 2 N–H and O–H groups in total. The first-order chi connectivity index (χ1) is 11.6. The Labute approximate surface area is 169 Å². The number of hydrogen-bond acceptors (Lipinski definition) is 3. The summed E-state index contributed by atoms with van der Waals surface area (Å²) >= 11 is 0. The topological polar surface area (TPSA) is 60.1 Å². The van der Waals surface area contributed by atoms with Crippen LogP contribution in [0.15, 0.2) is 23.2 Å². The van der Waals surface area contributed by atoms with Gasteiger partial charge in [0.05, 0.1) is 13.2 Å². The number of guanidine groups is 1. The fourth-order valence-electron chi connectivity index (χ4n) is 2.98. The smallest absolute Gasteiger partial charge is 0.191 e. The van der Waals surface area contributed by atoms with Crippen molar-refractivity contribution >= 4 is 29.9 Å². The van der Waals surface area contributed by atoms with Gasteiger partial charge in [-0.3, -0.25) is 0 Å². The normalized spacial score (nSPS) is 18.0. The van der Waals surface area contributed by atoms with Crippen LogP contribution in [0.1, 0.15) is 37.3 Å². The maximum absolute atomic E-state index is 6.20. The van der Waals surface area contributed by atoms with Crippen molar-refractivity contribution in [1.82, 2.24) is 4.90 Å². The van der Waals surface area contributed by atoms with Crippen LogP contribution in [0.3, 0.4) is 0 Å². The maximum Gasteiger partial charge on any atom is 0.191 e. The van der Waals surface area contributed by atoms with Gasteiger partial charge in [0.15, 0.2) is 5.96 Å². The van der Waals surface area contributed by atoms with Crippen molar-refractivity contribution in [2.24, 2.45) is 16.6 Å². The van der Waals surface area contributed by atoms with E-state index in [0.29, 0.717) is 31.6 Å². The standard InChI is InChI=1S/C19H31N3O2.HI/c1-15-7-8-17(18(12-15)24-11-5-10-23-3)13-21-19(20)22-9-4-6-16(2)14-22;/h7-8,12,16H,4-6,9-11,13-14H2,1-3H3,(H2,20,21);1H. The zero-order valence-corrected chi connectivity index (χ0v) is 18.0. The number of aliphatic imine (C=N–C) groups is 1. The van der Waals surface area contributed by atoms with Crippen molar-refractivity contribution in [1.29, 1.82) is 0 Å². The lowest BCUT2D eigenvalue weighted by molar-refractivity contribution is 0.172. The Bertz CT molecular complexity index is 551. The molecule has 1 fully saturated rings. The molecule has 1 aliphatic rings. The number of aryl methyl sites for hydroxylation is 1. The van der Waals surface area contributed by atoms with Gasteiger partial charge in [-0.15, -0.1) is 24.0 Å². The highest BCUT2D eigenvalue weighted by atomic mass is 127. The van der Waals surface area contributed by atoms with Gasteiger partial charge < -0.3 is 20.1 Å². The fraction of sp³-hybridized carbons (Fsp3) is 0.632. The van der Waals surface area contributed by atoms with E-state index in [1.54, 1.807) is 7.11 Å². The molecule has 0 aliphatic carbocycles. The summed E-state index contributed by atoms with van der Waals surface area (Å²) in [6, 6.07) is 6.24. The Morgan fingerprint density at radius 3 is 2.88 bits per heavy atom.